The Bertz CT molecular complexity index is 1650. The van der Waals surface area contributed by atoms with Gasteiger partial charge < -0.3 is 10.2 Å². The van der Waals surface area contributed by atoms with Crippen molar-refractivity contribution in [2.45, 2.75) is 37.2 Å². The molecule has 0 fully saturated rings. The SMILES string of the molecule is CCCNC(=O)[C@@H](Cc1ccccc1)N(Cc1ccc(F)cc1)C(=O)CN(c1cc(Cl)cc(Cl)c1)S(=O)(=O)c1ccccc1. The summed E-state index contributed by atoms with van der Waals surface area (Å²) >= 11 is 12.5. The fraction of sp³-hybridized carbons (Fsp3) is 0.212. The Morgan fingerprint density at radius 1 is 0.841 bits per heavy atom. The third kappa shape index (κ3) is 8.59. The second-order valence-corrected chi connectivity index (χ2v) is 12.8. The number of nitrogens with one attached hydrogen (secondary N) is 1. The summed E-state index contributed by atoms with van der Waals surface area (Å²) in [6, 6.07) is 25.7. The molecule has 0 aliphatic carbocycles. The molecular weight excluding hydrogens is 624 g/mol. The summed E-state index contributed by atoms with van der Waals surface area (Å²) in [5, 5.41) is 3.24. The van der Waals surface area contributed by atoms with E-state index in [1.54, 1.807) is 18.2 Å². The lowest BCUT2D eigenvalue weighted by Crippen LogP contribution is -2.53. The van der Waals surface area contributed by atoms with E-state index in [0.717, 1.165) is 9.87 Å². The van der Waals surface area contributed by atoms with Gasteiger partial charge in [-0.3, -0.25) is 13.9 Å². The summed E-state index contributed by atoms with van der Waals surface area (Å²) < 4.78 is 42.7. The van der Waals surface area contributed by atoms with Crippen LogP contribution in [0.2, 0.25) is 10.0 Å². The van der Waals surface area contributed by atoms with Crippen molar-refractivity contribution in [2.24, 2.45) is 0 Å². The molecule has 0 saturated heterocycles. The number of sulfonamides is 1. The van der Waals surface area contributed by atoms with Gasteiger partial charge >= 0.3 is 0 Å². The molecule has 230 valence electrons. The average molecular weight is 657 g/mol. The minimum absolute atomic E-state index is 0.0458. The van der Waals surface area contributed by atoms with E-state index in [4.69, 9.17) is 23.2 Å². The van der Waals surface area contributed by atoms with Crippen molar-refractivity contribution < 1.29 is 22.4 Å². The Kier molecular flexibility index (Phi) is 11.4. The maximum absolute atomic E-state index is 14.4. The van der Waals surface area contributed by atoms with Crippen LogP contribution in [0, 0.1) is 5.82 Å². The first-order chi connectivity index (χ1) is 21.1. The molecule has 7 nitrogen and oxygen atoms in total. The molecule has 1 atom stereocenters. The van der Waals surface area contributed by atoms with Crippen molar-refractivity contribution in [3.8, 4) is 0 Å². The number of carbonyl (C=O) groups excluding carboxylic acids is 2. The molecule has 0 heterocycles. The molecule has 0 aliphatic heterocycles. The minimum atomic E-state index is -4.30. The van der Waals surface area contributed by atoms with E-state index in [1.807, 2.05) is 37.3 Å². The van der Waals surface area contributed by atoms with Crippen LogP contribution in [0.15, 0.2) is 108 Å². The molecule has 11 heteroatoms. The predicted molar refractivity (Wildman–Crippen MR) is 172 cm³/mol. The van der Waals surface area contributed by atoms with Gasteiger partial charge in [0.25, 0.3) is 10.0 Å². The molecule has 0 bridgehead atoms. The zero-order chi connectivity index (χ0) is 31.7. The lowest BCUT2D eigenvalue weighted by molar-refractivity contribution is -0.140. The fourth-order valence-electron chi connectivity index (χ4n) is 4.64. The lowest BCUT2D eigenvalue weighted by Gasteiger charge is -2.34. The molecule has 0 aromatic heterocycles. The largest absolute Gasteiger partial charge is 0.354 e. The first-order valence-corrected chi connectivity index (χ1v) is 16.2. The van der Waals surface area contributed by atoms with Crippen molar-refractivity contribution >= 4 is 50.7 Å². The standard InChI is InChI=1S/C33H32Cl2FN3O4S/c1-2-17-37-33(41)31(18-24-9-5-3-6-10-24)38(22-25-13-15-28(36)16-14-25)32(40)23-39(29-20-26(34)19-27(35)21-29)44(42,43)30-11-7-4-8-12-30/h3-16,19-21,31H,2,17-18,22-23H2,1H3,(H,37,41)/t31-/m1/s1. The predicted octanol–water partition coefficient (Wildman–Crippen LogP) is 6.49. The number of anilines is 1. The maximum atomic E-state index is 14.4. The van der Waals surface area contributed by atoms with E-state index >= 15 is 0 Å². The summed E-state index contributed by atoms with van der Waals surface area (Å²) in [5.41, 5.74) is 1.44. The molecule has 44 heavy (non-hydrogen) atoms. The van der Waals surface area contributed by atoms with E-state index < -0.39 is 40.2 Å². The van der Waals surface area contributed by atoms with Gasteiger partial charge in [0.2, 0.25) is 11.8 Å². The number of carbonyl (C=O) groups is 2. The first-order valence-electron chi connectivity index (χ1n) is 14.0. The van der Waals surface area contributed by atoms with Gasteiger partial charge in [-0.1, -0.05) is 90.8 Å². The Morgan fingerprint density at radius 3 is 2.02 bits per heavy atom. The number of amides is 2. The Balaban J connectivity index is 1.81. The van der Waals surface area contributed by atoms with E-state index in [-0.39, 0.29) is 33.6 Å². The Hall–Kier alpha value is -3.92. The molecular formula is C33H32Cl2FN3O4S. The van der Waals surface area contributed by atoms with Crippen LogP contribution in [0.1, 0.15) is 24.5 Å². The van der Waals surface area contributed by atoms with E-state index in [9.17, 15) is 22.4 Å². The number of hydrogen-bond acceptors (Lipinski definition) is 4. The topological polar surface area (TPSA) is 86.8 Å². The summed E-state index contributed by atoms with van der Waals surface area (Å²) in [4.78, 5) is 29.3. The van der Waals surface area contributed by atoms with Crippen molar-refractivity contribution in [1.29, 1.82) is 0 Å². The second kappa shape index (κ2) is 15.2. The normalized spacial score (nSPS) is 11.9. The number of benzene rings is 4. The minimum Gasteiger partial charge on any atom is -0.354 e. The Labute approximate surface area is 267 Å². The molecule has 0 radical (unpaired) electrons. The summed E-state index contributed by atoms with van der Waals surface area (Å²) in [7, 11) is -4.30. The summed E-state index contributed by atoms with van der Waals surface area (Å²) in [6.45, 7) is 1.56. The maximum Gasteiger partial charge on any atom is 0.264 e. The highest BCUT2D eigenvalue weighted by molar-refractivity contribution is 7.92. The second-order valence-electron chi connectivity index (χ2n) is 10.1. The number of rotatable bonds is 13. The van der Waals surface area contributed by atoms with Crippen LogP contribution in [0.25, 0.3) is 0 Å². The van der Waals surface area contributed by atoms with Crippen molar-refractivity contribution in [3.05, 3.63) is 130 Å². The lowest BCUT2D eigenvalue weighted by atomic mass is 10.0. The highest BCUT2D eigenvalue weighted by Gasteiger charge is 2.34. The van der Waals surface area contributed by atoms with E-state index in [2.05, 4.69) is 5.32 Å². The molecule has 0 saturated carbocycles. The molecule has 0 unspecified atom stereocenters. The molecule has 4 aromatic carbocycles. The molecule has 1 N–H and O–H groups in total. The number of nitrogens with zero attached hydrogens (tertiary/aromatic N) is 2. The molecule has 4 aromatic rings. The third-order valence-electron chi connectivity index (χ3n) is 6.83. The molecule has 2 amide bonds. The highest BCUT2D eigenvalue weighted by Crippen LogP contribution is 2.30. The van der Waals surface area contributed by atoms with Gasteiger partial charge in [-0.25, -0.2) is 12.8 Å². The van der Waals surface area contributed by atoms with Crippen LogP contribution in [0.4, 0.5) is 10.1 Å². The quantitative estimate of drug-likeness (QED) is 0.178. The number of hydrogen-bond donors (Lipinski definition) is 1. The van der Waals surface area contributed by atoms with Crippen LogP contribution in [0.3, 0.4) is 0 Å². The van der Waals surface area contributed by atoms with Crippen molar-refractivity contribution in [3.63, 3.8) is 0 Å². The van der Waals surface area contributed by atoms with Gasteiger partial charge in [0, 0.05) is 29.6 Å². The fourth-order valence-corrected chi connectivity index (χ4v) is 6.57. The first kappa shape index (κ1) is 33.0. The van der Waals surface area contributed by atoms with E-state index in [0.29, 0.717) is 18.5 Å². The summed E-state index contributed by atoms with van der Waals surface area (Å²) in [5.74, 6) is -1.50. The van der Waals surface area contributed by atoms with E-state index in [1.165, 1.54) is 59.5 Å². The van der Waals surface area contributed by atoms with Gasteiger partial charge in [-0.2, -0.15) is 0 Å². The zero-order valence-electron chi connectivity index (χ0n) is 24.0. The summed E-state index contributed by atoms with van der Waals surface area (Å²) in [6.07, 6.45) is 0.839. The Morgan fingerprint density at radius 2 is 1.43 bits per heavy atom. The molecule has 4 rings (SSSR count). The van der Waals surface area contributed by atoms with Crippen LogP contribution >= 0.6 is 23.2 Å². The van der Waals surface area contributed by atoms with Crippen molar-refractivity contribution in [1.82, 2.24) is 10.2 Å². The average Bonchev–Trinajstić information content (AvgIpc) is 3.01. The van der Waals surface area contributed by atoms with Gasteiger partial charge in [0.05, 0.1) is 10.6 Å². The van der Waals surface area contributed by atoms with Crippen LogP contribution in [0.5, 0.6) is 0 Å². The van der Waals surface area contributed by atoms with Crippen LogP contribution in [-0.2, 0) is 32.6 Å². The van der Waals surface area contributed by atoms with Crippen LogP contribution < -0.4 is 9.62 Å². The number of halogens is 3. The van der Waals surface area contributed by atoms with Gasteiger partial charge in [0.15, 0.2) is 0 Å². The highest BCUT2D eigenvalue weighted by atomic mass is 35.5. The van der Waals surface area contributed by atoms with Crippen molar-refractivity contribution in [2.75, 3.05) is 17.4 Å². The monoisotopic (exact) mass is 655 g/mol. The van der Waals surface area contributed by atoms with Crippen LogP contribution in [-0.4, -0.2) is 44.3 Å². The molecule has 0 spiro atoms. The zero-order valence-corrected chi connectivity index (χ0v) is 26.3. The van der Waals surface area contributed by atoms with Gasteiger partial charge in [-0.15, -0.1) is 0 Å². The molecule has 0 aliphatic rings. The third-order valence-corrected chi connectivity index (χ3v) is 9.06. The van der Waals surface area contributed by atoms with Gasteiger partial charge in [-0.05, 0) is 60.0 Å². The van der Waals surface area contributed by atoms with Gasteiger partial charge in [0.1, 0.15) is 18.4 Å². The smallest absolute Gasteiger partial charge is 0.264 e.